The normalized spacial score (nSPS) is 15.1. The van der Waals surface area contributed by atoms with Gasteiger partial charge in [0.1, 0.15) is 5.69 Å². The number of urea groups is 1. The second kappa shape index (κ2) is 6.02. The zero-order valence-electron chi connectivity index (χ0n) is 11.0. The van der Waals surface area contributed by atoms with Gasteiger partial charge in [-0.25, -0.2) is 9.78 Å². The second-order valence-electron chi connectivity index (χ2n) is 4.54. The van der Waals surface area contributed by atoms with Crippen molar-refractivity contribution >= 4 is 17.9 Å². The van der Waals surface area contributed by atoms with E-state index >= 15 is 0 Å². The second-order valence-corrected chi connectivity index (χ2v) is 4.54. The van der Waals surface area contributed by atoms with E-state index in [1.54, 1.807) is 4.90 Å². The molecule has 0 aromatic carbocycles. The molecule has 0 atom stereocenters. The Morgan fingerprint density at radius 1 is 1.33 bits per heavy atom. The number of alkyl halides is 3. The van der Waals surface area contributed by atoms with E-state index in [0.29, 0.717) is 19.3 Å². The third-order valence-electron chi connectivity index (χ3n) is 2.93. The lowest BCUT2D eigenvalue weighted by Gasteiger charge is -2.15. The van der Waals surface area contributed by atoms with E-state index < -0.39 is 17.8 Å². The van der Waals surface area contributed by atoms with Gasteiger partial charge in [0, 0.05) is 13.1 Å². The summed E-state index contributed by atoms with van der Waals surface area (Å²) >= 11 is 0. The van der Waals surface area contributed by atoms with Gasteiger partial charge >= 0.3 is 12.2 Å². The summed E-state index contributed by atoms with van der Waals surface area (Å²) < 4.78 is 37.0. The minimum atomic E-state index is -4.56. The van der Waals surface area contributed by atoms with Gasteiger partial charge in [-0.1, -0.05) is 0 Å². The number of aromatic nitrogens is 2. The zero-order valence-corrected chi connectivity index (χ0v) is 11.0. The maximum atomic E-state index is 12.3. The van der Waals surface area contributed by atoms with Crippen molar-refractivity contribution in [3.05, 3.63) is 11.9 Å². The average Bonchev–Trinajstić information content (AvgIpc) is 3.05. The van der Waals surface area contributed by atoms with Crippen molar-refractivity contribution in [3.8, 4) is 0 Å². The monoisotopic (exact) mass is 305 g/mol. The highest BCUT2D eigenvalue weighted by atomic mass is 19.4. The number of carbonyl (C=O) groups is 2. The molecule has 0 radical (unpaired) electrons. The number of H-pyrrole nitrogens is 1. The molecule has 1 aliphatic rings. The Balaban J connectivity index is 1.79. The SMILES string of the molecule is O=C(CNC(=O)N1CCCC1)Nc1ncc(C(F)(F)F)[nH]1. The fourth-order valence-corrected chi connectivity index (χ4v) is 1.89. The number of hydrogen-bond acceptors (Lipinski definition) is 3. The number of nitrogens with zero attached hydrogens (tertiary/aromatic N) is 2. The molecule has 0 unspecified atom stereocenters. The molecule has 0 bridgehead atoms. The van der Waals surface area contributed by atoms with Gasteiger partial charge in [0.2, 0.25) is 11.9 Å². The molecule has 1 saturated heterocycles. The highest BCUT2D eigenvalue weighted by Gasteiger charge is 2.33. The lowest BCUT2D eigenvalue weighted by Crippen LogP contribution is -2.41. The zero-order chi connectivity index (χ0) is 15.5. The molecule has 2 rings (SSSR count). The first-order chi connectivity index (χ1) is 9.86. The van der Waals surface area contributed by atoms with Crippen molar-refractivity contribution in [2.75, 3.05) is 25.0 Å². The van der Waals surface area contributed by atoms with Crippen LogP contribution in [0.5, 0.6) is 0 Å². The van der Waals surface area contributed by atoms with Gasteiger partial charge in [-0.3, -0.25) is 10.1 Å². The van der Waals surface area contributed by atoms with Crippen molar-refractivity contribution in [2.24, 2.45) is 0 Å². The molecule has 2 heterocycles. The topological polar surface area (TPSA) is 90.1 Å². The number of amides is 3. The molecule has 3 N–H and O–H groups in total. The maximum Gasteiger partial charge on any atom is 0.432 e. The van der Waals surface area contributed by atoms with Crippen molar-refractivity contribution in [1.29, 1.82) is 0 Å². The van der Waals surface area contributed by atoms with E-state index in [4.69, 9.17) is 0 Å². The summed E-state index contributed by atoms with van der Waals surface area (Å²) in [7, 11) is 0. The predicted octanol–water partition coefficient (Wildman–Crippen LogP) is 1.17. The summed E-state index contributed by atoms with van der Waals surface area (Å²) in [6.07, 6.45) is -2.13. The molecule has 3 amide bonds. The van der Waals surface area contributed by atoms with Crippen LogP contribution in [0.25, 0.3) is 0 Å². The molecule has 0 spiro atoms. The molecule has 1 aromatic rings. The van der Waals surface area contributed by atoms with Crippen LogP contribution in [0.4, 0.5) is 23.9 Å². The minimum absolute atomic E-state index is 0.317. The van der Waals surface area contributed by atoms with Crippen LogP contribution in [-0.4, -0.2) is 46.4 Å². The quantitative estimate of drug-likeness (QED) is 0.783. The van der Waals surface area contributed by atoms with Gasteiger partial charge in [0.25, 0.3) is 0 Å². The number of nitrogens with one attached hydrogen (secondary N) is 3. The van der Waals surface area contributed by atoms with E-state index in [-0.39, 0.29) is 18.5 Å². The average molecular weight is 305 g/mol. The van der Waals surface area contributed by atoms with E-state index in [0.717, 1.165) is 12.8 Å². The first-order valence-corrected chi connectivity index (χ1v) is 6.31. The Hall–Kier alpha value is -2.26. The number of hydrogen-bond donors (Lipinski definition) is 3. The standard InChI is InChI=1S/C11H14F3N5O2/c12-11(13,14)7-5-15-9(17-7)18-8(20)6-16-10(21)19-3-1-2-4-19/h5H,1-4,6H2,(H,16,21)(H2,15,17,18,20). The lowest BCUT2D eigenvalue weighted by atomic mass is 10.4. The summed E-state index contributed by atoms with van der Waals surface area (Å²) in [5.74, 6) is -0.978. The number of anilines is 1. The summed E-state index contributed by atoms with van der Waals surface area (Å²) in [4.78, 5) is 30.0. The third kappa shape index (κ3) is 4.10. The Labute approximate surface area is 117 Å². The van der Waals surface area contributed by atoms with Gasteiger partial charge in [-0.05, 0) is 12.8 Å². The summed E-state index contributed by atoms with van der Waals surface area (Å²) in [5, 5.41) is 4.53. The van der Waals surface area contributed by atoms with Crippen molar-refractivity contribution in [1.82, 2.24) is 20.2 Å². The number of rotatable bonds is 3. The smallest absolute Gasteiger partial charge is 0.329 e. The summed E-state index contributed by atoms with van der Waals surface area (Å²) in [5.41, 5.74) is -1.06. The van der Waals surface area contributed by atoms with Crippen molar-refractivity contribution in [2.45, 2.75) is 19.0 Å². The van der Waals surface area contributed by atoms with Gasteiger partial charge < -0.3 is 15.2 Å². The predicted molar refractivity (Wildman–Crippen MR) is 66.4 cm³/mol. The van der Waals surface area contributed by atoms with Gasteiger partial charge in [0.15, 0.2) is 0 Å². The molecule has 1 fully saturated rings. The molecule has 0 saturated carbocycles. The Bertz CT molecular complexity index is 522. The fraction of sp³-hybridized carbons (Fsp3) is 0.545. The van der Waals surface area contributed by atoms with Crippen LogP contribution in [0, 0.1) is 0 Å². The maximum absolute atomic E-state index is 12.3. The molecule has 116 valence electrons. The van der Waals surface area contributed by atoms with E-state index in [9.17, 15) is 22.8 Å². The number of likely N-dealkylation sites (tertiary alicyclic amines) is 1. The van der Waals surface area contributed by atoms with Crippen LogP contribution in [-0.2, 0) is 11.0 Å². The Kier molecular flexibility index (Phi) is 4.34. The van der Waals surface area contributed by atoms with E-state index in [2.05, 4.69) is 15.6 Å². The van der Waals surface area contributed by atoms with Crippen LogP contribution < -0.4 is 10.6 Å². The van der Waals surface area contributed by atoms with Crippen LogP contribution in [0.1, 0.15) is 18.5 Å². The number of aromatic amines is 1. The summed E-state index contributed by atoms with van der Waals surface area (Å²) in [6, 6.07) is -0.363. The largest absolute Gasteiger partial charge is 0.432 e. The van der Waals surface area contributed by atoms with Gasteiger partial charge in [0.05, 0.1) is 12.7 Å². The van der Waals surface area contributed by atoms with Gasteiger partial charge in [-0.2, -0.15) is 13.2 Å². The molecule has 1 aromatic heterocycles. The van der Waals surface area contributed by atoms with Crippen LogP contribution in [0.3, 0.4) is 0 Å². The lowest BCUT2D eigenvalue weighted by molar-refractivity contribution is -0.140. The van der Waals surface area contributed by atoms with Crippen LogP contribution in [0.15, 0.2) is 6.20 Å². The van der Waals surface area contributed by atoms with Crippen LogP contribution in [0.2, 0.25) is 0 Å². The Morgan fingerprint density at radius 3 is 2.57 bits per heavy atom. The fourth-order valence-electron chi connectivity index (χ4n) is 1.89. The molecular formula is C11H14F3N5O2. The Morgan fingerprint density at radius 2 is 2.00 bits per heavy atom. The van der Waals surface area contributed by atoms with Crippen LogP contribution >= 0.6 is 0 Å². The number of imidazole rings is 1. The molecular weight excluding hydrogens is 291 g/mol. The van der Waals surface area contributed by atoms with Crippen molar-refractivity contribution in [3.63, 3.8) is 0 Å². The first kappa shape index (κ1) is 15.1. The van der Waals surface area contributed by atoms with E-state index in [1.165, 1.54) is 0 Å². The number of carbonyl (C=O) groups excluding carboxylic acids is 2. The molecule has 0 aliphatic carbocycles. The molecule has 1 aliphatic heterocycles. The molecule has 7 nitrogen and oxygen atoms in total. The number of halogens is 3. The minimum Gasteiger partial charge on any atom is -0.329 e. The molecule has 10 heteroatoms. The highest BCUT2D eigenvalue weighted by Crippen LogP contribution is 2.27. The summed E-state index contributed by atoms with van der Waals surface area (Å²) in [6.45, 7) is 0.943. The highest BCUT2D eigenvalue weighted by molar-refractivity contribution is 5.93. The van der Waals surface area contributed by atoms with Crippen molar-refractivity contribution < 1.29 is 22.8 Å². The van der Waals surface area contributed by atoms with E-state index in [1.807, 2.05) is 4.98 Å². The first-order valence-electron chi connectivity index (χ1n) is 6.31. The molecule has 21 heavy (non-hydrogen) atoms. The van der Waals surface area contributed by atoms with Gasteiger partial charge in [-0.15, -0.1) is 0 Å². The third-order valence-corrected chi connectivity index (χ3v) is 2.93.